The summed E-state index contributed by atoms with van der Waals surface area (Å²) >= 11 is 0. The summed E-state index contributed by atoms with van der Waals surface area (Å²) < 4.78 is 5.19. The molecule has 1 heterocycles. The number of aromatic nitrogens is 2. The van der Waals surface area contributed by atoms with Gasteiger partial charge in [-0.15, -0.1) is 0 Å². The first kappa shape index (κ1) is 12.5. The number of hydrogen-bond acceptors (Lipinski definition) is 5. The summed E-state index contributed by atoms with van der Waals surface area (Å²) in [7, 11) is 2.05. The highest BCUT2D eigenvalue weighted by Gasteiger charge is 2.28. The molecule has 2 rings (SSSR count). The third-order valence-corrected chi connectivity index (χ3v) is 3.17. The van der Waals surface area contributed by atoms with Crippen LogP contribution in [0, 0.1) is 5.92 Å². The Balaban J connectivity index is 1.75. The van der Waals surface area contributed by atoms with Crippen molar-refractivity contribution in [3.8, 4) is 0 Å². The van der Waals surface area contributed by atoms with Crippen LogP contribution in [0.25, 0.3) is 0 Å². The molecule has 0 saturated heterocycles. The average Bonchev–Trinajstić information content (AvgIpc) is 2.64. The second-order valence-corrected chi connectivity index (χ2v) is 5.04. The number of hydrogen-bond donors (Lipinski definition) is 1. The summed E-state index contributed by atoms with van der Waals surface area (Å²) in [6, 6.07) is 0. The molecule has 5 nitrogen and oxygen atoms in total. The van der Waals surface area contributed by atoms with Crippen LogP contribution in [-0.2, 0) is 13.0 Å². The van der Waals surface area contributed by atoms with Gasteiger partial charge in [0, 0.05) is 13.0 Å². The van der Waals surface area contributed by atoms with E-state index in [1.54, 1.807) is 0 Å². The molecule has 0 aromatic carbocycles. The van der Waals surface area contributed by atoms with Gasteiger partial charge in [0.25, 0.3) is 0 Å². The molecule has 1 N–H and O–H groups in total. The molecule has 17 heavy (non-hydrogen) atoms. The number of nitrogens with zero attached hydrogens (tertiary/aromatic N) is 3. The minimum atomic E-state index is -0.0760. The molecule has 96 valence electrons. The quantitative estimate of drug-likeness (QED) is 0.809. The van der Waals surface area contributed by atoms with Crippen molar-refractivity contribution in [1.82, 2.24) is 15.0 Å². The van der Waals surface area contributed by atoms with Gasteiger partial charge in [0.05, 0.1) is 12.6 Å². The van der Waals surface area contributed by atoms with E-state index in [2.05, 4.69) is 22.0 Å². The first-order chi connectivity index (χ1) is 8.17. The monoisotopic (exact) mass is 239 g/mol. The Bertz CT molecular complexity index is 347. The van der Waals surface area contributed by atoms with E-state index in [0.29, 0.717) is 18.4 Å². The number of aliphatic hydroxyl groups excluding tert-OH is 1. The summed E-state index contributed by atoms with van der Waals surface area (Å²) in [5.74, 6) is 2.11. The van der Waals surface area contributed by atoms with Gasteiger partial charge in [0.15, 0.2) is 5.82 Å². The topological polar surface area (TPSA) is 62.4 Å². The lowest BCUT2D eigenvalue weighted by molar-refractivity contribution is 0.0261. The zero-order valence-electron chi connectivity index (χ0n) is 10.6. The van der Waals surface area contributed by atoms with E-state index in [1.807, 2.05) is 7.05 Å². The Labute approximate surface area is 102 Å². The van der Waals surface area contributed by atoms with Crippen LogP contribution >= 0.6 is 0 Å². The van der Waals surface area contributed by atoms with Crippen molar-refractivity contribution < 1.29 is 9.63 Å². The highest BCUT2D eigenvalue weighted by Crippen LogP contribution is 2.27. The highest BCUT2D eigenvalue weighted by molar-refractivity contribution is 4.87. The van der Waals surface area contributed by atoms with Gasteiger partial charge in [0.1, 0.15) is 0 Å². The molecular formula is C12H21N3O2. The minimum absolute atomic E-state index is 0.0760. The summed E-state index contributed by atoms with van der Waals surface area (Å²) in [4.78, 5) is 6.52. The van der Waals surface area contributed by atoms with Gasteiger partial charge in [-0.05, 0) is 32.2 Å². The molecule has 0 amide bonds. The lowest BCUT2D eigenvalue weighted by Crippen LogP contribution is -2.36. The van der Waals surface area contributed by atoms with Crippen LogP contribution < -0.4 is 0 Å². The van der Waals surface area contributed by atoms with E-state index in [9.17, 15) is 5.11 Å². The molecule has 0 aliphatic heterocycles. The maximum absolute atomic E-state index is 9.22. The molecule has 0 radical (unpaired) electrons. The summed E-state index contributed by atoms with van der Waals surface area (Å²) in [6.07, 6.45) is 3.69. The SMILES string of the molecule is CCCc1noc(CN(C)CC2CC(O)C2)n1. The van der Waals surface area contributed by atoms with Gasteiger partial charge in [-0.1, -0.05) is 12.1 Å². The molecule has 1 fully saturated rings. The van der Waals surface area contributed by atoms with E-state index in [-0.39, 0.29) is 6.10 Å². The van der Waals surface area contributed by atoms with Crippen LogP contribution in [0.1, 0.15) is 37.9 Å². The summed E-state index contributed by atoms with van der Waals surface area (Å²) in [5.41, 5.74) is 0. The molecule has 1 aliphatic carbocycles. The molecule has 1 aromatic rings. The van der Waals surface area contributed by atoms with Crippen LogP contribution in [0.15, 0.2) is 4.52 Å². The molecule has 0 spiro atoms. The molecule has 1 aliphatic rings. The molecule has 0 bridgehead atoms. The van der Waals surface area contributed by atoms with Crippen molar-refractivity contribution in [2.45, 2.75) is 45.3 Å². The average molecular weight is 239 g/mol. The zero-order chi connectivity index (χ0) is 12.3. The number of aryl methyl sites for hydroxylation is 1. The van der Waals surface area contributed by atoms with E-state index in [4.69, 9.17) is 4.52 Å². The van der Waals surface area contributed by atoms with E-state index in [0.717, 1.165) is 38.1 Å². The fraction of sp³-hybridized carbons (Fsp3) is 0.833. The van der Waals surface area contributed by atoms with Crippen molar-refractivity contribution in [2.24, 2.45) is 5.92 Å². The molecular weight excluding hydrogens is 218 g/mol. The number of rotatable bonds is 6. The molecule has 0 unspecified atom stereocenters. The Morgan fingerprint density at radius 2 is 2.24 bits per heavy atom. The third-order valence-electron chi connectivity index (χ3n) is 3.17. The molecule has 1 saturated carbocycles. The van der Waals surface area contributed by atoms with Crippen molar-refractivity contribution in [3.05, 3.63) is 11.7 Å². The van der Waals surface area contributed by atoms with Gasteiger partial charge in [0.2, 0.25) is 5.89 Å². The predicted octanol–water partition coefficient (Wildman–Crippen LogP) is 1.22. The van der Waals surface area contributed by atoms with Crippen LogP contribution in [0.4, 0.5) is 0 Å². The Morgan fingerprint density at radius 3 is 2.88 bits per heavy atom. The second-order valence-electron chi connectivity index (χ2n) is 5.04. The van der Waals surface area contributed by atoms with Crippen molar-refractivity contribution >= 4 is 0 Å². The fourth-order valence-corrected chi connectivity index (χ4v) is 2.27. The lowest BCUT2D eigenvalue weighted by atomic mass is 9.82. The maximum Gasteiger partial charge on any atom is 0.240 e. The van der Waals surface area contributed by atoms with Crippen molar-refractivity contribution in [1.29, 1.82) is 0 Å². The van der Waals surface area contributed by atoms with Gasteiger partial charge in [-0.2, -0.15) is 4.98 Å². The standard InChI is InChI=1S/C12H21N3O2/c1-3-4-11-13-12(17-14-11)8-15(2)7-9-5-10(16)6-9/h9-10,16H,3-8H2,1-2H3. The highest BCUT2D eigenvalue weighted by atomic mass is 16.5. The normalized spacial score (nSPS) is 24.0. The van der Waals surface area contributed by atoms with Gasteiger partial charge in [-0.25, -0.2) is 0 Å². The first-order valence-corrected chi connectivity index (χ1v) is 6.35. The first-order valence-electron chi connectivity index (χ1n) is 6.35. The van der Waals surface area contributed by atoms with E-state index in [1.165, 1.54) is 0 Å². The molecule has 5 heteroatoms. The second kappa shape index (κ2) is 5.60. The smallest absolute Gasteiger partial charge is 0.240 e. The van der Waals surface area contributed by atoms with E-state index < -0.39 is 0 Å². The minimum Gasteiger partial charge on any atom is -0.393 e. The number of aliphatic hydroxyl groups is 1. The predicted molar refractivity (Wildman–Crippen MR) is 63.4 cm³/mol. The van der Waals surface area contributed by atoms with Gasteiger partial charge in [-0.3, -0.25) is 4.90 Å². The van der Waals surface area contributed by atoms with Gasteiger partial charge < -0.3 is 9.63 Å². The molecule has 1 aromatic heterocycles. The summed E-state index contributed by atoms with van der Waals surface area (Å²) in [6.45, 7) is 3.79. The van der Waals surface area contributed by atoms with Gasteiger partial charge >= 0.3 is 0 Å². The van der Waals surface area contributed by atoms with Crippen LogP contribution in [0.2, 0.25) is 0 Å². The fourth-order valence-electron chi connectivity index (χ4n) is 2.27. The zero-order valence-corrected chi connectivity index (χ0v) is 10.6. The van der Waals surface area contributed by atoms with Crippen molar-refractivity contribution in [3.63, 3.8) is 0 Å². The van der Waals surface area contributed by atoms with Crippen molar-refractivity contribution in [2.75, 3.05) is 13.6 Å². The lowest BCUT2D eigenvalue weighted by Gasteiger charge is -2.34. The Hall–Kier alpha value is -0.940. The molecule has 0 atom stereocenters. The summed E-state index contributed by atoms with van der Waals surface area (Å²) in [5, 5.41) is 13.2. The van der Waals surface area contributed by atoms with E-state index >= 15 is 0 Å². The van der Waals surface area contributed by atoms with Crippen LogP contribution in [0.3, 0.4) is 0 Å². The largest absolute Gasteiger partial charge is 0.393 e. The Morgan fingerprint density at radius 1 is 1.47 bits per heavy atom. The third kappa shape index (κ3) is 3.51. The maximum atomic E-state index is 9.22. The van der Waals surface area contributed by atoms with Crippen LogP contribution in [-0.4, -0.2) is 39.8 Å². The van der Waals surface area contributed by atoms with Crippen LogP contribution in [0.5, 0.6) is 0 Å². The Kier molecular flexibility index (Phi) is 4.12.